The highest BCUT2D eigenvalue weighted by Crippen LogP contribution is 2.61. The van der Waals surface area contributed by atoms with Crippen LogP contribution in [0, 0.1) is 29.0 Å². The van der Waals surface area contributed by atoms with Crippen molar-refractivity contribution in [1.82, 2.24) is 14.9 Å². The van der Waals surface area contributed by atoms with Crippen molar-refractivity contribution in [1.29, 1.82) is 0 Å². The first-order valence-electron chi connectivity index (χ1n) is 10.5. The van der Waals surface area contributed by atoms with Gasteiger partial charge < -0.3 is 9.88 Å². The summed E-state index contributed by atoms with van der Waals surface area (Å²) in [5.74, 6) is 2.98. The fourth-order valence-corrected chi connectivity index (χ4v) is 6.70. The molecule has 1 aromatic carbocycles. The molecule has 0 spiro atoms. The van der Waals surface area contributed by atoms with Gasteiger partial charge in [-0.15, -0.1) is 0 Å². The maximum absolute atomic E-state index is 13.9. The van der Waals surface area contributed by atoms with Crippen molar-refractivity contribution >= 4 is 5.91 Å². The van der Waals surface area contributed by atoms with Gasteiger partial charge in [-0.1, -0.05) is 12.1 Å². The number of rotatable bonds is 5. The van der Waals surface area contributed by atoms with Gasteiger partial charge in [0.05, 0.1) is 0 Å². The second kappa shape index (κ2) is 6.71. The van der Waals surface area contributed by atoms with Crippen molar-refractivity contribution in [2.75, 3.05) is 0 Å². The lowest BCUT2D eigenvalue weighted by molar-refractivity contribution is -0.130. The molecule has 4 fully saturated rings. The van der Waals surface area contributed by atoms with Crippen LogP contribution in [0.4, 0.5) is 4.39 Å². The lowest BCUT2D eigenvalue weighted by Crippen LogP contribution is -2.48. The molecule has 0 saturated heterocycles. The zero-order chi connectivity index (χ0) is 19.3. The number of carbonyl (C=O) groups excluding carboxylic acids is 1. The van der Waals surface area contributed by atoms with Crippen molar-refractivity contribution in [2.45, 2.75) is 51.0 Å². The zero-order valence-electron chi connectivity index (χ0n) is 16.4. The molecule has 4 nitrogen and oxygen atoms in total. The van der Waals surface area contributed by atoms with Crippen LogP contribution in [0.2, 0.25) is 0 Å². The molecule has 148 valence electrons. The van der Waals surface area contributed by atoms with E-state index >= 15 is 0 Å². The number of carbonyl (C=O) groups is 1. The molecule has 1 aromatic heterocycles. The highest BCUT2D eigenvalue weighted by atomic mass is 19.1. The molecule has 2 aromatic rings. The molecule has 4 aliphatic carbocycles. The van der Waals surface area contributed by atoms with E-state index in [2.05, 4.69) is 10.3 Å². The minimum absolute atomic E-state index is 0.0687. The van der Waals surface area contributed by atoms with Crippen molar-refractivity contribution < 1.29 is 9.18 Å². The van der Waals surface area contributed by atoms with Gasteiger partial charge in [0.15, 0.2) is 0 Å². The van der Waals surface area contributed by atoms with Gasteiger partial charge in [0.25, 0.3) is 0 Å². The summed E-state index contributed by atoms with van der Waals surface area (Å²) in [6.45, 7) is 0. The Balaban J connectivity index is 1.37. The molecular formula is C23H28FN3O. The van der Waals surface area contributed by atoms with Gasteiger partial charge in [-0.25, -0.2) is 9.37 Å². The van der Waals surface area contributed by atoms with Crippen LogP contribution in [0.15, 0.2) is 36.7 Å². The number of benzene rings is 1. The van der Waals surface area contributed by atoms with E-state index in [1.165, 1.54) is 50.7 Å². The predicted octanol–water partition coefficient (Wildman–Crippen LogP) is 4.37. The van der Waals surface area contributed by atoms with Crippen LogP contribution >= 0.6 is 0 Å². The summed E-state index contributed by atoms with van der Waals surface area (Å²) >= 11 is 0. The summed E-state index contributed by atoms with van der Waals surface area (Å²) in [5, 5.41) is 3.19. The maximum atomic E-state index is 13.9. The summed E-state index contributed by atoms with van der Waals surface area (Å²) in [5.41, 5.74) is 0.917. The van der Waals surface area contributed by atoms with Gasteiger partial charge in [-0.2, -0.15) is 0 Å². The molecule has 1 amide bonds. The van der Waals surface area contributed by atoms with Gasteiger partial charge >= 0.3 is 0 Å². The van der Waals surface area contributed by atoms with E-state index in [0.717, 1.165) is 29.1 Å². The van der Waals surface area contributed by atoms with Crippen LogP contribution in [0.25, 0.3) is 0 Å². The Morgan fingerprint density at radius 2 is 1.93 bits per heavy atom. The van der Waals surface area contributed by atoms with Crippen molar-refractivity contribution in [3.63, 3.8) is 0 Å². The van der Waals surface area contributed by atoms with Gasteiger partial charge in [0.2, 0.25) is 5.91 Å². The molecule has 5 heteroatoms. The number of halogens is 1. The second-order valence-electron chi connectivity index (χ2n) is 9.55. The first-order valence-corrected chi connectivity index (χ1v) is 10.5. The van der Waals surface area contributed by atoms with Crippen LogP contribution in [0.5, 0.6) is 0 Å². The molecule has 0 unspecified atom stereocenters. The molecule has 28 heavy (non-hydrogen) atoms. The average molecular weight is 381 g/mol. The van der Waals surface area contributed by atoms with Crippen LogP contribution in [-0.4, -0.2) is 15.5 Å². The minimum Gasteiger partial charge on any atom is -0.342 e. The number of nitrogens with one attached hydrogen (secondary N) is 1. The summed E-state index contributed by atoms with van der Waals surface area (Å²) < 4.78 is 15.7. The fraction of sp³-hybridized carbons (Fsp3) is 0.565. The van der Waals surface area contributed by atoms with E-state index in [1.54, 1.807) is 12.3 Å². The third-order valence-electron chi connectivity index (χ3n) is 7.30. The number of nitrogens with zero attached hydrogens (tertiary/aromatic N) is 2. The van der Waals surface area contributed by atoms with Gasteiger partial charge in [0, 0.05) is 25.9 Å². The highest BCUT2D eigenvalue weighted by molar-refractivity contribution is 5.77. The summed E-state index contributed by atoms with van der Waals surface area (Å²) in [4.78, 5) is 17.6. The summed E-state index contributed by atoms with van der Waals surface area (Å²) in [6, 6.07) is 6.02. The lowest BCUT2D eigenvalue weighted by atomic mass is 9.49. The Kier molecular flexibility index (Phi) is 4.29. The molecule has 1 N–H and O–H groups in total. The molecule has 0 radical (unpaired) electrons. The van der Waals surface area contributed by atoms with Gasteiger partial charge in [-0.05, 0) is 79.4 Å². The molecule has 4 saturated carbocycles. The van der Waals surface area contributed by atoms with Gasteiger partial charge in [-0.3, -0.25) is 4.79 Å². The minimum atomic E-state index is -0.433. The number of amides is 1. The van der Waals surface area contributed by atoms with Crippen LogP contribution in [0.3, 0.4) is 0 Å². The quantitative estimate of drug-likeness (QED) is 0.836. The number of hydrogen-bond acceptors (Lipinski definition) is 2. The lowest BCUT2D eigenvalue weighted by Gasteiger charge is -2.56. The van der Waals surface area contributed by atoms with E-state index in [0.29, 0.717) is 6.42 Å². The molecule has 0 aliphatic heterocycles. The van der Waals surface area contributed by atoms with E-state index in [4.69, 9.17) is 0 Å². The summed E-state index contributed by atoms with van der Waals surface area (Å²) in [7, 11) is 1.90. The third kappa shape index (κ3) is 3.25. The van der Waals surface area contributed by atoms with Crippen molar-refractivity contribution in [2.24, 2.45) is 30.2 Å². The number of hydrogen-bond donors (Lipinski definition) is 1. The SMILES string of the molecule is Cn1ccnc1[C@@H](NC(=O)CC12CC3CC(CC(C3)C1)C2)c1cccc(F)c1. The second-order valence-corrected chi connectivity index (χ2v) is 9.55. The van der Waals surface area contributed by atoms with Crippen molar-refractivity contribution in [3.05, 3.63) is 53.9 Å². The Morgan fingerprint density at radius 1 is 1.25 bits per heavy atom. The topological polar surface area (TPSA) is 46.9 Å². The Morgan fingerprint density at radius 3 is 2.50 bits per heavy atom. The zero-order valence-corrected chi connectivity index (χ0v) is 16.4. The Labute approximate surface area is 165 Å². The van der Waals surface area contributed by atoms with E-state index in [1.807, 2.05) is 23.9 Å². The van der Waals surface area contributed by atoms with Crippen LogP contribution in [-0.2, 0) is 11.8 Å². The first kappa shape index (κ1) is 17.9. The monoisotopic (exact) mass is 381 g/mol. The largest absolute Gasteiger partial charge is 0.342 e. The summed E-state index contributed by atoms with van der Waals surface area (Å²) in [6.07, 6.45) is 11.9. The molecule has 1 atom stereocenters. The molecule has 6 rings (SSSR count). The molecular weight excluding hydrogens is 353 g/mol. The fourth-order valence-electron chi connectivity index (χ4n) is 6.70. The molecule has 4 bridgehead atoms. The van der Waals surface area contributed by atoms with Gasteiger partial charge in [0.1, 0.15) is 17.7 Å². The smallest absolute Gasteiger partial charge is 0.221 e. The number of aromatic nitrogens is 2. The highest BCUT2D eigenvalue weighted by Gasteiger charge is 2.51. The standard InChI is InChI=1S/C23H28FN3O/c1-27-6-5-25-22(27)21(18-3-2-4-19(24)10-18)26-20(28)14-23-11-15-7-16(12-23)9-17(8-15)13-23/h2-6,10,15-17,21H,7-9,11-14H2,1H3,(H,26,28)/t15?,16?,17?,21-,23?/m0/s1. The van der Waals surface area contributed by atoms with Crippen molar-refractivity contribution in [3.8, 4) is 0 Å². The molecule has 4 aliphatic rings. The maximum Gasteiger partial charge on any atom is 0.221 e. The Bertz CT molecular complexity index is 854. The van der Waals surface area contributed by atoms with Crippen LogP contribution < -0.4 is 5.32 Å². The number of imidazole rings is 1. The van der Waals surface area contributed by atoms with E-state index in [9.17, 15) is 9.18 Å². The van der Waals surface area contributed by atoms with E-state index in [-0.39, 0.29) is 17.1 Å². The third-order valence-corrected chi connectivity index (χ3v) is 7.30. The number of aryl methyl sites for hydroxylation is 1. The van der Waals surface area contributed by atoms with E-state index < -0.39 is 6.04 Å². The first-order chi connectivity index (χ1) is 13.5. The normalized spacial score (nSPS) is 31.7. The van der Waals surface area contributed by atoms with Crippen LogP contribution in [0.1, 0.15) is 62.4 Å². The Hall–Kier alpha value is -2.17. The molecule has 1 heterocycles. The predicted molar refractivity (Wildman–Crippen MR) is 105 cm³/mol. The average Bonchev–Trinajstić information content (AvgIpc) is 3.04.